The highest BCUT2D eigenvalue weighted by Crippen LogP contribution is 2.33. The lowest BCUT2D eigenvalue weighted by Gasteiger charge is -2.13. The van der Waals surface area contributed by atoms with Crippen LogP contribution in [0.4, 0.5) is 17.2 Å². The number of nitrogens with one attached hydrogen (secondary N) is 3. The number of aromatic nitrogens is 3. The number of pyridine rings is 1. The Morgan fingerprint density at radius 2 is 2.17 bits per heavy atom. The van der Waals surface area contributed by atoms with Crippen LogP contribution < -0.4 is 21.5 Å². The van der Waals surface area contributed by atoms with Gasteiger partial charge in [0.05, 0.1) is 33.2 Å². The molecule has 1 aliphatic rings. The Morgan fingerprint density at radius 1 is 1.34 bits per heavy atom. The standard InChI is InChI=1S/C19H20N6O3S/c1-3-25-19(28)16-13(9-29-14(16)8-22-25)23-12-6-15(24-17(26)10-4-5-10)21-7-11(12)18(27)20-2/h6-10H,3-5H2,1-2H3,(H,20,27)(H2,21,23,24,26)/i2D3. The van der Waals surface area contributed by atoms with Gasteiger partial charge >= 0.3 is 0 Å². The number of aryl methyl sites for hydroxylation is 1. The molecule has 0 spiro atoms. The Balaban J connectivity index is 1.74. The van der Waals surface area contributed by atoms with Gasteiger partial charge in [-0.2, -0.15) is 5.10 Å². The Bertz CT molecular complexity index is 1270. The molecule has 150 valence electrons. The molecule has 2 amide bonds. The van der Waals surface area contributed by atoms with Gasteiger partial charge in [0.1, 0.15) is 5.82 Å². The van der Waals surface area contributed by atoms with Crippen molar-refractivity contribution >= 4 is 50.4 Å². The minimum absolute atomic E-state index is 0.0465. The van der Waals surface area contributed by atoms with Crippen molar-refractivity contribution in [3.63, 3.8) is 0 Å². The molecule has 1 fully saturated rings. The molecule has 0 aromatic carbocycles. The summed E-state index contributed by atoms with van der Waals surface area (Å²) in [7, 11) is 0. The third kappa shape index (κ3) is 3.70. The quantitative estimate of drug-likeness (QED) is 0.569. The molecule has 29 heavy (non-hydrogen) atoms. The zero-order chi connectivity index (χ0) is 23.0. The van der Waals surface area contributed by atoms with Gasteiger partial charge in [0.2, 0.25) is 5.91 Å². The van der Waals surface area contributed by atoms with E-state index in [9.17, 15) is 14.4 Å². The van der Waals surface area contributed by atoms with E-state index in [0.29, 0.717) is 22.3 Å². The van der Waals surface area contributed by atoms with Gasteiger partial charge in [-0.1, -0.05) is 0 Å². The fourth-order valence-electron chi connectivity index (χ4n) is 2.90. The Hall–Kier alpha value is -3.27. The summed E-state index contributed by atoms with van der Waals surface area (Å²) in [4.78, 5) is 41.6. The molecule has 9 nitrogen and oxygen atoms in total. The average Bonchev–Trinajstić information content (AvgIpc) is 3.49. The van der Waals surface area contributed by atoms with Crippen LogP contribution in [-0.4, -0.2) is 33.6 Å². The summed E-state index contributed by atoms with van der Waals surface area (Å²) in [5, 5.41) is 13.9. The van der Waals surface area contributed by atoms with Gasteiger partial charge in [0.15, 0.2) is 0 Å². The second kappa shape index (κ2) is 7.63. The number of nitrogens with zero attached hydrogens (tertiary/aromatic N) is 3. The Morgan fingerprint density at radius 3 is 2.90 bits per heavy atom. The van der Waals surface area contributed by atoms with Gasteiger partial charge < -0.3 is 16.0 Å². The van der Waals surface area contributed by atoms with Crippen molar-refractivity contribution in [1.82, 2.24) is 20.1 Å². The molecular weight excluding hydrogens is 392 g/mol. The highest BCUT2D eigenvalue weighted by atomic mass is 32.1. The van der Waals surface area contributed by atoms with Crippen LogP contribution in [0.25, 0.3) is 10.1 Å². The Labute approximate surface area is 174 Å². The third-order valence-corrected chi connectivity index (χ3v) is 5.53. The molecule has 1 saturated carbocycles. The van der Waals surface area contributed by atoms with Crippen molar-refractivity contribution in [2.75, 3.05) is 17.6 Å². The molecule has 0 radical (unpaired) electrons. The first-order valence-electron chi connectivity index (χ1n) is 10.5. The normalized spacial score (nSPS) is 15.3. The molecule has 0 bridgehead atoms. The van der Waals surface area contributed by atoms with E-state index in [1.54, 1.807) is 18.5 Å². The average molecular weight is 415 g/mol. The predicted molar refractivity (Wildman–Crippen MR) is 112 cm³/mol. The molecule has 3 aromatic heterocycles. The fraction of sp³-hybridized carbons (Fsp3) is 0.316. The van der Waals surface area contributed by atoms with Crippen LogP contribution in [0.2, 0.25) is 0 Å². The first-order valence-corrected chi connectivity index (χ1v) is 9.92. The minimum Gasteiger partial charge on any atom is -0.355 e. The lowest BCUT2D eigenvalue weighted by Crippen LogP contribution is -2.22. The van der Waals surface area contributed by atoms with Crippen LogP contribution in [0.5, 0.6) is 0 Å². The van der Waals surface area contributed by atoms with Gasteiger partial charge in [0, 0.05) is 41.2 Å². The van der Waals surface area contributed by atoms with E-state index in [-0.39, 0.29) is 34.5 Å². The summed E-state index contributed by atoms with van der Waals surface area (Å²) in [6, 6.07) is 1.44. The number of fused-ring (bicyclic) bond motifs is 1. The van der Waals surface area contributed by atoms with Crippen LogP contribution in [0, 0.1) is 5.92 Å². The van der Waals surface area contributed by atoms with E-state index in [4.69, 9.17) is 4.11 Å². The highest BCUT2D eigenvalue weighted by molar-refractivity contribution is 7.17. The number of amides is 2. The summed E-state index contributed by atoms with van der Waals surface area (Å²) >= 11 is 1.30. The first-order chi connectivity index (χ1) is 15.2. The van der Waals surface area contributed by atoms with Crippen LogP contribution in [0.1, 0.15) is 34.2 Å². The summed E-state index contributed by atoms with van der Waals surface area (Å²) in [6.45, 7) is -0.500. The molecule has 0 aliphatic heterocycles. The molecule has 4 rings (SSSR count). The molecule has 0 saturated heterocycles. The van der Waals surface area contributed by atoms with E-state index in [1.165, 1.54) is 28.3 Å². The van der Waals surface area contributed by atoms with Crippen molar-refractivity contribution < 1.29 is 13.7 Å². The lowest BCUT2D eigenvalue weighted by molar-refractivity contribution is -0.117. The van der Waals surface area contributed by atoms with Gasteiger partial charge in [-0.15, -0.1) is 11.3 Å². The topological polar surface area (TPSA) is 118 Å². The number of anilines is 3. The smallest absolute Gasteiger partial charge is 0.277 e. The van der Waals surface area contributed by atoms with E-state index in [1.807, 2.05) is 5.32 Å². The van der Waals surface area contributed by atoms with Crippen molar-refractivity contribution in [3.8, 4) is 0 Å². The number of carbonyl (C=O) groups is 2. The number of thiophene rings is 1. The maximum Gasteiger partial charge on any atom is 0.277 e. The van der Waals surface area contributed by atoms with E-state index in [2.05, 4.69) is 20.7 Å². The number of carbonyl (C=O) groups excluding carboxylic acids is 2. The van der Waals surface area contributed by atoms with Gasteiger partial charge in [-0.3, -0.25) is 14.4 Å². The number of hydrogen-bond donors (Lipinski definition) is 3. The predicted octanol–water partition coefficient (Wildman–Crippen LogP) is 2.32. The molecular formula is C19H20N6O3S. The molecule has 3 N–H and O–H groups in total. The second-order valence-corrected chi connectivity index (χ2v) is 7.52. The summed E-state index contributed by atoms with van der Waals surface area (Å²) < 4.78 is 23.9. The van der Waals surface area contributed by atoms with E-state index >= 15 is 0 Å². The van der Waals surface area contributed by atoms with Crippen molar-refractivity contribution in [3.05, 3.63) is 39.8 Å². The lowest BCUT2D eigenvalue weighted by atomic mass is 10.2. The molecule has 3 aromatic rings. The summed E-state index contributed by atoms with van der Waals surface area (Å²) in [5.41, 5.74) is 0.299. The van der Waals surface area contributed by atoms with Gasteiger partial charge in [0.25, 0.3) is 11.5 Å². The summed E-state index contributed by atoms with van der Waals surface area (Å²) in [5.74, 6) is -0.872. The van der Waals surface area contributed by atoms with E-state index < -0.39 is 12.9 Å². The molecule has 1 aliphatic carbocycles. The molecule has 0 atom stereocenters. The zero-order valence-electron chi connectivity index (χ0n) is 18.5. The maximum atomic E-state index is 12.8. The monoisotopic (exact) mass is 415 g/mol. The Kier molecular flexibility index (Phi) is 4.11. The SMILES string of the molecule is [2H]C([2H])([2H])NC(=O)c1cnc(NC(=O)C2CC2)cc1Nc1csc2cnn(CC)c(=O)c12. The van der Waals surface area contributed by atoms with Crippen molar-refractivity contribution in [2.24, 2.45) is 5.92 Å². The minimum atomic E-state index is -2.69. The van der Waals surface area contributed by atoms with Crippen molar-refractivity contribution in [1.29, 1.82) is 0 Å². The van der Waals surface area contributed by atoms with Crippen LogP contribution in [0.15, 0.2) is 28.6 Å². The van der Waals surface area contributed by atoms with Gasteiger partial charge in [-0.05, 0) is 19.8 Å². The molecule has 10 heteroatoms. The third-order valence-electron chi connectivity index (χ3n) is 4.61. The highest BCUT2D eigenvalue weighted by Gasteiger charge is 2.30. The van der Waals surface area contributed by atoms with Gasteiger partial charge in [-0.25, -0.2) is 9.67 Å². The maximum absolute atomic E-state index is 12.8. The second-order valence-electron chi connectivity index (χ2n) is 6.61. The first kappa shape index (κ1) is 15.6. The molecule has 0 unspecified atom stereocenters. The molecule has 3 heterocycles. The van der Waals surface area contributed by atoms with Crippen molar-refractivity contribution in [2.45, 2.75) is 26.3 Å². The number of hydrogen-bond acceptors (Lipinski definition) is 7. The zero-order valence-corrected chi connectivity index (χ0v) is 16.3. The van der Waals surface area contributed by atoms with Crippen LogP contribution >= 0.6 is 11.3 Å². The number of rotatable bonds is 6. The van der Waals surface area contributed by atoms with Crippen LogP contribution in [-0.2, 0) is 11.3 Å². The fourth-order valence-corrected chi connectivity index (χ4v) is 3.75. The summed E-state index contributed by atoms with van der Waals surface area (Å²) in [6.07, 6.45) is 4.40. The largest absolute Gasteiger partial charge is 0.355 e. The van der Waals surface area contributed by atoms with E-state index in [0.717, 1.165) is 12.8 Å². The van der Waals surface area contributed by atoms with Crippen LogP contribution in [0.3, 0.4) is 0 Å².